The summed E-state index contributed by atoms with van der Waals surface area (Å²) in [5.41, 5.74) is 8.88. The van der Waals surface area contributed by atoms with Gasteiger partial charge in [0.25, 0.3) is 0 Å². The first-order valence-corrected chi connectivity index (χ1v) is 15.0. The molecule has 0 amide bonds. The van der Waals surface area contributed by atoms with Crippen molar-refractivity contribution >= 4 is 54.1 Å². The van der Waals surface area contributed by atoms with Crippen LogP contribution in [-0.2, 0) is 0 Å². The van der Waals surface area contributed by atoms with Crippen molar-refractivity contribution in [2.24, 2.45) is 0 Å². The van der Waals surface area contributed by atoms with Crippen LogP contribution in [0.1, 0.15) is 7.43 Å². The summed E-state index contributed by atoms with van der Waals surface area (Å²) in [6.07, 6.45) is 1.84. The highest BCUT2D eigenvalue weighted by Crippen LogP contribution is 2.44. The van der Waals surface area contributed by atoms with Crippen LogP contribution in [0.25, 0.3) is 87.6 Å². The average Bonchev–Trinajstić information content (AvgIpc) is 3.10. The fraction of sp³-hybridized carbons (Fsp3) is 0.0233. The van der Waals surface area contributed by atoms with Crippen LogP contribution < -0.4 is 0 Å². The molecule has 9 rings (SSSR count). The molecule has 0 bridgehead atoms. The molecule has 0 aliphatic rings. The Hall–Kier alpha value is -5.86. The molecule has 9 aromatic rings. The summed E-state index contributed by atoms with van der Waals surface area (Å²) >= 11 is 0. The van der Waals surface area contributed by atoms with Crippen LogP contribution in [0.15, 0.2) is 158 Å². The van der Waals surface area contributed by atoms with Gasteiger partial charge in [0.15, 0.2) is 0 Å². The molecular formula is C43H30N2. The molecule has 0 saturated heterocycles. The normalized spacial score (nSPS) is 11.4. The second kappa shape index (κ2) is 10.7. The minimum Gasteiger partial charge on any atom is -0.254 e. The highest BCUT2D eigenvalue weighted by atomic mass is 14.7. The number of hydrogen-bond acceptors (Lipinski definition) is 2. The zero-order chi connectivity index (χ0) is 29.0. The van der Waals surface area contributed by atoms with Crippen molar-refractivity contribution in [3.63, 3.8) is 0 Å². The van der Waals surface area contributed by atoms with Crippen LogP contribution in [-0.4, -0.2) is 9.97 Å². The van der Waals surface area contributed by atoms with Gasteiger partial charge in [-0.25, -0.2) is 4.98 Å². The van der Waals surface area contributed by atoms with E-state index in [-0.39, 0.29) is 7.43 Å². The van der Waals surface area contributed by atoms with Crippen LogP contribution in [0.5, 0.6) is 0 Å². The third kappa shape index (κ3) is 4.34. The molecule has 0 aliphatic carbocycles. The summed E-state index contributed by atoms with van der Waals surface area (Å²) in [7, 11) is 0. The molecule has 0 radical (unpaired) electrons. The molecule has 0 atom stereocenters. The van der Waals surface area contributed by atoms with Gasteiger partial charge < -0.3 is 0 Å². The predicted octanol–water partition coefficient (Wildman–Crippen LogP) is 11.9. The highest BCUT2D eigenvalue weighted by Gasteiger charge is 2.17. The molecule has 0 aliphatic heterocycles. The summed E-state index contributed by atoms with van der Waals surface area (Å²) in [5.74, 6) is 0. The molecule has 0 spiro atoms. The lowest BCUT2D eigenvalue weighted by Gasteiger charge is -2.18. The van der Waals surface area contributed by atoms with E-state index in [0.29, 0.717) is 0 Å². The molecular weight excluding hydrogens is 544 g/mol. The van der Waals surface area contributed by atoms with E-state index in [9.17, 15) is 0 Å². The van der Waals surface area contributed by atoms with Gasteiger partial charge in [0.05, 0.1) is 16.7 Å². The molecule has 2 heterocycles. The van der Waals surface area contributed by atoms with E-state index in [1.54, 1.807) is 0 Å². The SMILES string of the molecule is C.c1ccc2cc(-c3c4ccccc4c(-c4ccc(-c5ccc6ccc7cccnc7c6n5)cc4)c4ccccc34)ccc2c1. The second-order valence-electron chi connectivity index (χ2n) is 11.4. The Bertz CT molecular complexity index is 2490. The third-order valence-corrected chi connectivity index (χ3v) is 8.87. The Morgan fingerprint density at radius 2 is 0.844 bits per heavy atom. The number of nitrogens with zero attached hydrogens (tertiary/aromatic N) is 2. The first kappa shape index (κ1) is 26.7. The van der Waals surface area contributed by atoms with Gasteiger partial charge in [-0.15, -0.1) is 0 Å². The largest absolute Gasteiger partial charge is 0.254 e. The second-order valence-corrected chi connectivity index (χ2v) is 11.4. The smallest absolute Gasteiger partial charge is 0.0972 e. The minimum absolute atomic E-state index is 0. The van der Waals surface area contributed by atoms with Gasteiger partial charge in [0, 0.05) is 22.5 Å². The number of aromatic nitrogens is 2. The first-order valence-electron chi connectivity index (χ1n) is 15.0. The van der Waals surface area contributed by atoms with Crippen LogP contribution in [0.2, 0.25) is 0 Å². The van der Waals surface area contributed by atoms with Crippen molar-refractivity contribution in [3.8, 4) is 33.5 Å². The van der Waals surface area contributed by atoms with Crippen LogP contribution >= 0.6 is 0 Å². The summed E-state index contributed by atoms with van der Waals surface area (Å²) in [5, 5.41) is 9.74. The molecule has 2 heteroatoms. The van der Waals surface area contributed by atoms with Crippen molar-refractivity contribution in [1.82, 2.24) is 9.97 Å². The fourth-order valence-corrected chi connectivity index (χ4v) is 6.79. The molecule has 7 aromatic carbocycles. The lowest BCUT2D eigenvalue weighted by atomic mass is 9.85. The van der Waals surface area contributed by atoms with Gasteiger partial charge in [-0.2, -0.15) is 0 Å². The van der Waals surface area contributed by atoms with E-state index >= 15 is 0 Å². The molecule has 0 saturated carbocycles. The van der Waals surface area contributed by atoms with Crippen LogP contribution in [0, 0.1) is 0 Å². The molecule has 0 fully saturated rings. The van der Waals surface area contributed by atoms with E-state index < -0.39 is 0 Å². The van der Waals surface area contributed by atoms with E-state index in [1.807, 2.05) is 12.3 Å². The lowest BCUT2D eigenvalue weighted by Crippen LogP contribution is -1.91. The Morgan fingerprint density at radius 3 is 1.53 bits per heavy atom. The maximum absolute atomic E-state index is 5.08. The van der Waals surface area contributed by atoms with Gasteiger partial charge >= 0.3 is 0 Å². The summed E-state index contributed by atoms with van der Waals surface area (Å²) in [6, 6.07) is 54.5. The third-order valence-electron chi connectivity index (χ3n) is 8.87. The van der Waals surface area contributed by atoms with Gasteiger partial charge in [-0.05, 0) is 72.8 Å². The Morgan fingerprint density at radius 1 is 0.356 bits per heavy atom. The monoisotopic (exact) mass is 574 g/mol. The predicted molar refractivity (Wildman–Crippen MR) is 193 cm³/mol. The van der Waals surface area contributed by atoms with Crippen molar-refractivity contribution in [1.29, 1.82) is 0 Å². The topological polar surface area (TPSA) is 25.8 Å². The molecule has 2 nitrogen and oxygen atoms in total. The number of rotatable bonds is 3. The summed E-state index contributed by atoms with van der Waals surface area (Å²) in [4.78, 5) is 9.72. The first-order chi connectivity index (χ1) is 21.8. The molecule has 0 unspecified atom stereocenters. The lowest BCUT2D eigenvalue weighted by molar-refractivity contribution is 1.37. The Balaban J connectivity index is 0.00000300. The maximum atomic E-state index is 5.08. The summed E-state index contributed by atoms with van der Waals surface area (Å²) in [6.45, 7) is 0. The number of fused-ring (bicyclic) bond motifs is 6. The number of pyridine rings is 2. The van der Waals surface area contributed by atoms with Crippen molar-refractivity contribution in [2.45, 2.75) is 7.43 Å². The van der Waals surface area contributed by atoms with E-state index in [4.69, 9.17) is 4.98 Å². The van der Waals surface area contributed by atoms with Crippen molar-refractivity contribution in [2.75, 3.05) is 0 Å². The summed E-state index contributed by atoms with van der Waals surface area (Å²) < 4.78 is 0. The van der Waals surface area contributed by atoms with Crippen molar-refractivity contribution in [3.05, 3.63) is 158 Å². The van der Waals surface area contributed by atoms with Crippen LogP contribution in [0.4, 0.5) is 0 Å². The molecule has 0 N–H and O–H groups in total. The number of hydrogen-bond donors (Lipinski definition) is 0. The zero-order valence-electron chi connectivity index (χ0n) is 23.9. The van der Waals surface area contributed by atoms with Crippen LogP contribution in [0.3, 0.4) is 0 Å². The van der Waals surface area contributed by atoms with Gasteiger partial charge in [0.2, 0.25) is 0 Å². The molecule has 45 heavy (non-hydrogen) atoms. The van der Waals surface area contributed by atoms with Crippen molar-refractivity contribution < 1.29 is 0 Å². The van der Waals surface area contributed by atoms with Gasteiger partial charge in [-0.3, -0.25) is 4.98 Å². The van der Waals surface area contributed by atoms with Gasteiger partial charge in [0.1, 0.15) is 0 Å². The fourth-order valence-electron chi connectivity index (χ4n) is 6.79. The van der Waals surface area contributed by atoms with E-state index in [1.165, 1.54) is 54.6 Å². The van der Waals surface area contributed by atoms with E-state index in [0.717, 1.165) is 33.1 Å². The standard InChI is InChI=1S/C42H26N2.CH4/c1-2-9-32-26-33(22-15-27(32)8-1)40-36-13-5-3-11-34(36)39(35-12-4-6-14-37(35)40)29-18-16-28(17-19-29)38-24-23-31-21-20-30-10-7-25-43-41(30)42(31)44-38;/h1-26H;1H4. The highest BCUT2D eigenvalue weighted by molar-refractivity contribution is 6.21. The average molecular weight is 575 g/mol. The van der Waals surface area contributed by atoms with E-state index in [2.05, 4.69) is 151 Å². The zero-order valence-corrected chi connectivity index (χ0v) is 23.9. The molecule has 2 aromatic heterocycles. The Labute approximate surface area is 262 Å². The maximum Gasteiger partial charge on any atom is 0.0972 e. The molecule has 212 valence electrons. The quantitative estimate of drug-likeness (QED) is 0.155. The number of benzene rings is 7. The Kier molecular flexibility index (Phi) is 6.36. The van der Waals surface area contributed by atoms with Gasteiger partial charge in [-0.1, -0.05) is 141 Å². The minimum atomic E-state index is 0.